The van der Waals surface area contributed by atoms with Crippen molar-refractivity contribution >= 4 is 34.2 Å². The van der Waals surface area contributed by atoms with Gasteiger partial charge in [0.2, 0.25) is 5.91 Å². The number of amides is 1. The summed E-state index contributed by atoms with van der Waals surface area (Å²) < 4.78 is 2.07. The van der Waals surface area contributed by atoms with Crippen molar-refractivity contribution < 1.29 is 4.79 Å². The van der Waals surface area contributed by atoms with E-state index in [1.54, 1.807) is 18.2 Å². The number of pyridine rings is 1. The van der Waals surface area contributed by atoms with Crippen LogP contribution in [0, 0.1) is 0 Å². The van der Waals surface area contributed by atoms with E-state index in [1.165, 1.54) is 5.39 Å². The largest absolute Gasteiger partial charge is 0.347 e. The highest BCUT2D eigenvalue weighted by atomic mass is 35.5. The molecule has 0 aliphatic carbocycles. The van der Waals surface area contributed by atoms with Crippen molar-refractivity contribution in [1.29, 1.82) is 0 Å². The summed E-state index contributed by atoms with van der Waals surface area (Å²) in [6.07, 6.45) is 2.38. The molecule has 0 saturated carbocycles. The van der Waals surface area contributed by atoms with Crippen LogP contribution in [-0.2, 0) is 11.3 Å². The van der Waals surface area contributed by atoms with Gasteiger partial charge in [-0.1, -0.05) is 35.9 Å². The fourth-order valence-electron chi connectivity index (χ4n) is 2.24. The molecule has 0 spiro atoms. The van der Waals surface area contributed by atoms with Gasteiger partial charge in [0.25, 0.3) is 0 Å². The maximum Gasteiger partial charge on any atom is 0.227 e. The van der Waals surface area contributed by atoms with Gasteiger partial charge < -0.3 is 9.88 Å². The van der Waals surface area contributed by atoms with Gasteiger partial charge in [-0.2, -0.15) is 0 Å². The predicted molar refractivity (Wildman–Crippen MR) is 84.4 cm³/mol. The average Bonchev–Trinajstić information content (AvgIpc) is 2.88. The summed E-state index contributed by atoms with van der Waals surface area (Å²) in [7, 11) is 0. The molecule has 0 bridgehead atoms. The van der Waals surface area contributed by atoms with E-state index < -0.39 is 0 Å². The van der Waals surface area contributed by atoms with E-state index in [9.17, 15) is 4.79 Å². The van der Waals surface area contributed by atoms with Gasteiger partial charge in [0.15, 0.2) is 0 Å². The Balaban J connectivity index is 1.63. The van der Waals surface area contributed by atoms with E-state index in [-0.39, 0.29) is 5.91 Å². The summed E-state index contributed by atoms with van der Waals surface area (Å²) in [5.41, 5.74) is 1.13. The lowest BCUT2D eigenvalue weighted by Gasteiger charge is -2.07. The zero-order chi connectivity index (χ0) is 14.7. The van der Waals surface area contributed by atoms with Crippen LogP contribution in [0.2, 0.25) is 5.15 Å². The third-order valence-corrected chi connectivity index (χ3v) is 3.45. The van der Waals surface area contributed by atoms with Crippen LogP contribution in [0.3, 0.4) is 0 Å². The van der Waals surface area contributed by atoms with Gasteiger partial charge in [0, 0.05) is 24.7 Å². The van der Waals surface area contributed by atoms with E-state index in [0.29, 0.717) is 23.9 Å². The number of fused-ring (bicyclic) bond motifs is 1. The van der Waals surface area contributed by atoms with Gasteiger partial charge in [-0.25, -0.2) is 4.98 Å². The molecule has 4 nitrogen and oxygen atoms in total. The van der Waals surface area contributed by atoms with Crippen LogP contribution in [0.15, 0.2) is 54.7 Å². The maximum absolute atomic E-state index is 11.9. The number of rotatable bonds is 4. The molecule has 0 unspecified atom stereocenters. The molecule has 3 aromatic rings. The SMILES string of the molecule is O=C(CCn1ccc2ccccc21)Nc1cccc(Cl)n1. The Morgan fingerprint density at radius 3 is 2.86 bits per heavy atom. The normalized spacial score (nSPS) is 10.7. The minimum Gasteiger partial charge on any atom is -0.347 e. The second-order valence-electron chi connectivity index (χ2n) is 4.71. The molecule has 1 aromatic carbocycles. The lowest BCUT2D eigenvalue weighted by Crippen LogP contribution is -2.15. The number of hydrogen-bond acceptors (Lipinski definition) is 2. The quantitative estimate of drug-likeness (QED) is 0.746. The summed E-state index contributed by atoms with van der Waals surface area (Å²) in [5.74, 6) is 0.396. The molecule has 0 saturated heterocycles. The zero-order valence-electron chi connectivity index (χ0n) is 11.3. The number of para-hydroxylation sites is 1. The van der Waals surface area contributed by atoms with E-state index in [2.05, 4.69) is 20.9 Å². The van der Waals surface area contributed by atoms with Gasteiger partial charge in [0.05, 0.1) is 0 Å². The summed E-state index contributed by atoms with van der Waals surface area (Å²) in [4.78, 5) is 16.0. The van der Waals surface area contributed by atoms with Crippen LogP contribution in [-0.4, -0.2) is 15.5 Å². The number of hydrogen-bond donors (Lipinski definition) is 1. The van der Waals surface area contributed by atoms with Crippen molar-refractivity contribution in [3.63, 3.8) is 0 Å². The maximum atomic E-state index is 11.9. The van der Waals surface area contributed by atoms with Crippen LogP contribution in [0.25, 0.3) is 10.9 Å². The van der Waals surface area contributed by atoms with Gasteiger partial charge in [-0.3, -0.25) is 4.79 Å². The second kappa shape index (κ2) is 5.97. The van der Waals surface area contributed by atoms with E-state index >= 15 is 0 Å². The molecule has 1 amide bonds. The van der Waals surface area contributed by atoms with Crippen molar-refractivity contribution in [3.8, 4) is 0 Å². The molecular formula is C16H14ClN3O. The number of nitrogens with one attached hydrogen (secondary N) is 1. The second-order valence-corrected chi connectivity index (χ2v) is 5.10. The standard InChI is InChI=1S/C16H14ClN3O/c17-14-6-3-7-15(18-14)19-16(21)9-11-20-10-8-12-4-1-2-5-13(12)20/h1-8,10H,9,11H2,(H,18,19,21). The van der Waals surface area contributed by atoms with Crippen LogP contribution >= 0.6 is 11.6 Å². The zero-order valence-corrected chi connectivity index (χ0v) is 12.0. The van der Waals surface area contributed by atoms with Gasteiger partial charge in [0.1, 0.15) is 11.0 Å². The molecule has 2 aromatic heterocycles. The third kappa shape index (κ3) is 3.23. The Morgan fingerprint density at radius 2 is 2.00 bits per heavy atom. The molecule has 106 valence electrons. The molecule has 0 radical (unpaired) electrons. The minimum absolute atomic E-state index is 0.0810. The Hall–Kier alpha value is -2.33. The fraction of sp³-hybridized carbons (Fsp3) is 0.125. The Bertz CT molecular complexity index is 782. The molecule has 0 aliphatic rings. The molecule has 1 N–H and O–H groups in total. The summed E-state index contributed by atoms with van der Waals surface area (Å²) in [5, 5.41) is 4.29. The number of anilines is 1. The summed E-state index contributed by atoms with van der Waals surface area (Å²) in [6, 6.07) is 15.3. The first-order chi connectivity index (χ1) is 10.2. The molecular weight excluding hydrogens is 286 g/mol. The third-order valence-electron chi connectivity index (χ3n) is 3.24. The van der Waals surface area contributed by atoms with Gasteiger partial charge >= 0.3 is 0 Å². The van der Waals surface area contributed by atoms with Crippen molar-refractivity contribution in [2.75, 3.05) is 5.32 Å². The van der Waals surface area contributed by atoms with Crippen LogP contribution in [0.1, 0.15) is 6.42 Å². The molecule has 5 heteroatoms. The number of benzene rings is 1. The van der Waals surface area contributed by atoms with Crippen LogP contribution in [0.5, 0.6) is 0 Å². The highest BCUT2D eigenvalue weighted by Crippen LogP contribution is 2.15. The Morgan fingerprint density at radius 1 is 1.14 bits per heavy atom. The lowest BCUT2D eigenvalue weighted by molar-refractivity contribution is -0.116. The van der Waals surface area contributed by atoms with Gasteiger partial charge in [-0.05, 0) is 29.7 Å². The van der Waals surface area contributed by atoms with E-state index in [1.807, 2.05) is 30.5 Å². The molecule has 21 heavy (non-hydrogen) atoms. The monoisotopic (exact) mass is 299 g/mol. The molecule has 0 atom stereocenters. The highest BCUT2D eigenvalue weighted by molar-refractivity contribution is 6.29. The van der Waals surface area contributed by atoms with Crippen LogP contribution in [0.4, 0.5) is 5.82 Å². The number of aryl methyl sites for hydroxylation is 1. The molecule has 3 rings (SSSR count). The summed E-state index contributed by atoms with van der Waals surface area (Å²) in [6.45, 7) is 0.625. The number of aromatic nitrogens is 2. The minimum atomic E-state index is -0.0810. The summed E-state index contributed by atoms with van der Waals surface area (Å²) >= 11 is 5.79. The van der Waals surface area contributed by atoms with E-state index in [0.717, 1.165) is 5.52 Å². The number of carbonyl (C=O) groups excluding carboxylic acids is 1. The van der Waals surface area contributed by atoms with Gasteiger partial charge in [-0.15, -0.1) is 0 Å². The average molecular weight is 300 g/mol. The van der Waals surface area contributed by atoms with Crippen molar-refractivity contribution in [1.82, 2.24) is 9.55 Å². The number of halogens is 1. The smallest absolute Gasteiger partial charge is 0.227 e. The Kier molecular flexibility index (Phi) is 3.88. The van der Waals surface area contributed by atoms with E-state index in [4.69, 9.17) is 11.6 Å². The van der Waals surface area contributed by atoms with Crippen molar-refractivity contribution in [2.24, 2.45) is 0 Å². The molecule has 0 aliphatic heterocycles. The Labute approximate surface area is 127 Å². The van der Waals surface area contributed by atoms with Crippen molar-refractivity contribution in [2.45, 2.75) is 13.0 Å². The number of carbonyl (C=O) groups is 1. The predicted octanol–water partition coefficient (Wildman–Crippen LogP) is 3.72. The first kappa shape index (κ1) is 13.6. The molecule has 0 fully saturated rings. The molecule has 2 heterocycles. The van der Waals surface area contributed by atoms with Crippen LogP contribution < -0.4 is 5.32 Å². The highest BCUT2D eigenvalue weighted by Gasteiger charge is 2.06. The lowest BCUT2D eigenvalue weighted by atomic mass is 10.2. The van der Waals surface area contributed by atoms with Crippen molar-refractivity contribution in [3.05, 3.63) is 59.9 Å². The first-order valence-electron chi connectivity index (χ1n) is 6.69. The first-order valence-corrected chi connectivity index (χ1v) is 7.06. The number of nitrogens with zero attached hydrogens (tertiary/aromatic N) is 2. The topological polar surface area (TPSA) is 46.9 Å². The fourth-order valence-corrected chi connectivity index (χ4v) is 2.40.